The van der Waals surface area contributed by atoms with E-state index in [1.807, 2.05) is 24.3 Å². The fourth-order valence-corrected chi connectivity index (χ4v) is 4.82. The lowest BCUT2D eigenvalue weighted by Crippen LogP contribution is -2.43. The Balaban J connectivity index is 1.56. The van der Waals surface area contributed by atoms with Gasteiger partial charge < -0.3 is 10.1 Å². The van der Waals surface area contributed by atoms with Gasteiger partial charge in [-0.2, -0.15) is 5.10 Å². The number of hydrogen-bond donors (Lipinski definition) is 1. The summed E-state index contributed by atoms with van der Waals surface area (Å²) in [5, 5.41) is 8.60. The largest absolute Gasteiger partial charge is 0.461 e. The van der Waals surface area contributed by atoms with Crippen LogP contribution in [0.15, 0.2) is 65.8 Å². The van der Waals surface area contributed by atoms with E-state index in [4.69, 9.17) is 4.74 Å². The molecule has 1 N–H and O–H groups in total. The van der Waals surface area contributed by atoms with E-state index in [0.717, 1.165) is 5.56 Å². The molecule has 8 nitrogen and oxygen atoms in total. The summed E-state index contributed by atoms with van der Waals surface area (Å²) in [5.74, 6) is -0.920. The van der Waals surface area contributed by atoms with Gasteiger partial charge in [-0.3, -0.25) is 9.80 Å². The molecule has 0 bridgehead atoms. The van der Waals surface area contributed by atoms with E-state index in [-0.39, 0.29) is 42.7 Å². The third-order valence-electron chi connectivity index (χ3n) is 4.91. The highest BCUT2D eigenvalue weighted by Crippen LogP contribution is 2.25. The first kappa shape index (κ1) is 23.5. The number of carbonyl (C=O) groups is 2. The summed E-state index contributed by atoms with van der Waals surface area (Å²) in [7, 11) is -3.28. The SMILES string of the molecule is CCOC(=O)C1=NN(c2ccccc2)C(C(=O)NCCCS(=O)(=O)Cc2ccccc2)C1. The van der Waals surface area contributed by atoms with Crippen molar-refractivity contribution in [2.24, 2.45) is 5.10 Å². The molecule has 0 spiro atoms. The van der Waals surface area contributed by atoms with Crippen LogP contribution in [0.2, 0.25) is 0 Å². The average molecular weight is 458 g/mol. The minimum absolute atomic E-state index is 0.0249. The molecule has 1 atom stereocenters. The number of hydrogen-bond acceptors (Lipinski definition) is 7. The van der Waals surface area contributed by atoms with Gasteiger partial charge >= 0.3 is 5.97 Å². The summed E-state index contributed by atoms with van der Waals surface area (Å²) in [4.78, 5) is 25.0. The number of benzene rings is 2. The Morgan fingerprint density at radius 1 is 1.09 bits per heavy atom. The number of para-hydroxylation sites is 1. The van der Waals surface area contributed by atoms with Gasteiger partial charge in [0.15, 0.2) is 9.84 Å². The molecule has 9 heteroatoms. The highest BCUT2D eigenvalue weighted by Gasteiger charge is 2.36. The first-order chi connectivity index (χ1) is 15.4. The maximum Gasteiger partial charge on any atom is 0.354 e. The second-order valence-electron chi connectivity index (χ2n) is 7.39. The van der Waals surface area contributed by atoms with Crippen molar-refractivity contribution >= 4 is 33.1 Å². The number of carbonyl (C=O) groups excluding carboxylic acids is 2. The number of ether oxygens (including phenoxy) is 1. The zero-order chi connectivity index (χ0) is 23.0. The molecule has 1 aliphatic heterocycles. The van der Waals surface area contributed by atoms with Crippen molar-refractivity contribution in [3.05, 3.63) is 66.2 Å². The maximum atomic E-state index is 12.8. The Labute approximate surface area is 188 Å². The number of hydrazone groups is 1. The van der Waals surface area contributed by atoms with Gasteiger partial charge in [0, 0.05) is 13.0 Å². The van der Waals surface area contributed by atoms with Gasteiger partial charge in [0.25, 0.3) is 0 Å². The van der Waals surface area contributed by atoms with Gasteiger partial charge in [-0.15, -0.1) is 0 Å². The van der Waals surface area contributed by atoms with Crippen molar-refractivity contribution in [1.29, 1.82) is 0 Å². The lowest BCUT2D eigenvalue weighted by molar-refractivity contribution is -0.135. The number of nitrogens with zero attached hydrogens (tertiary/aromatic N) is 2. The van der Waals surface area contributed by atoms with Crippen LogP contribution in [0.1, 0.15) is 25.3 Å². The Bertz CT molecular complexity index is 1060. The predicted molar refractivity (Wildman–Crippen MR) is 123 cm³/mol. The first-order valence-corrected chi connectivity index (χ1v) is 12.3. The number of amides is 1. The van der Waals surface area contributed by atoms with Crippen molar-refractivity contribution in [1.82, 2.24) is 5.32 Å². The summed E-state index contributed by atoms with van der Waals surface area (Å²) >= 11 is 0. The molecular weight excluding hydrogens is 430 g/mol. The number of anilines is 1. The van der Waals surface area contributed by atoms with Crippen LogP contribution in [0.25, 0.3) is 0 Å². The van der Waals surface area contributed by atoms with E-state index in [9.17, 15) is 18.0 Å². The third kappa shape index (κ3) is 6.40. The molecule has 170 valence electrons. The van der Waals surface area contributed by atoms with Crippen molar-refractivity contribution in [3.8, 4) is 0 Å². The van der Waals surface area contributed by atoms with Gasteiger partial charge in [-0.1, -0.05) is 48.5 Å². The van der Waals surface area contributed by atoms with Crippen LogP contribution in [-0.4, -0.2) is 51.0 Å². The van der Waals surface area contributed by atoms with Crippen LogP contribution in [0.5, 0.6) is 0 Å². The van der Waals surface area contributed by atoms with Crippen LogP contribution in [-0.2, 0) is 29.9 Å². The number of rotatable bonds is 10. The zero-order valence-corrected chi connectivity index (χ0v) is 18.8. The van der Waals surface area contributed by atoms with Crippen LogP contribution < -0.4 is 10.3 Å². The van der Waals surface area contributed by atoms with Crippen molar-refractivity contribution in [2.45, 2.75) is 31.6 Å². The van der Waals surface area contributed by atoms with Crippen molar-refractivity contribution in [2.75, 3.05) is 23.9 Å². The summed E-state index contributed by atoms with van der Waals surface area (Å²) in [6.45, 7) is 2.14. The van der Waals surface area contributed by atoms with Gasteiger partial charge in [0.2, 0.25) is 5.91 Å². The third-order valence-corrected chi connectivity index (χ3v) is 6.59. The zero-order valence-electron chi connectivity index (χ0n) is 17.9. The van der Waals surface area contributed by atoms with Gasteiger partial charge in [-0.25, -0.2) is 13.2 Å². The van der Waals surface area contributed by atoms with E-state index in [1.165, 1.54) is 5.01 Å². The minimum Gasteiger partial charge on any atom is -0.461 e. The molecule has 0 aliphatic carbocycles. The minimum atomic E-state index is -3.28. The second kappa shape index (κ2) is 10.9. The topological polar surface area (TPSA) is 105 Å². The smallest absolute Gasteiger partial charge is 0.354 e. The molecule has 0 saturated heterocycles. The molecule has 2 aromatic rings. The van der Waals surface area contributed by atoms with Crippen LogP contribution in [0.4, 0.5) is 5.69 Å². The average Bonchev–Trinajstić information content (AvgIpc) is 3.24. The van der Waals surface area contributed by atoms with Crippen LogP contribution in [0, 0.1) is 0 Å². The lowest BCUT2D eigenvalue weighted by Gasteiger charge is -2.22. The standard InChI is InChI=1S/C23H27N3O5S/c1-2-31-23(28)20-16-21(26(25-20)19-12-7-4-8-13-19)22(27)24-14-9-15-32(29,30)17-18-10-5-3-6-11-18/h3-8,10-13,21H,2,9,14-17H2,1H3,(H,24,27). The fraction of sp³-hybridized carbons (Fsp3) is 0.348. The summed E-state index contributed by atoms with van der Waals surface area (Å²) in [5.41, 5.74) is 1.60. The highest BCUT2D eigenvalue weighted by molar-refractivity contribution is 7.90. The van der Waals surface area contributed by atoms with E-state index in [2.05, 4.69) is 10.4 Å². The molecule has 0 radical (unpaired) electrons. The molecule has 0 fully saturated rings. The Morgan fingerprint density at radius 2 is 1.75 bits per heavy atom. The molecular formula is C23H27N3O5S. The normalized spacial score (nSPS) is 15.8. The molecule has 1 amide bonds. The van der Waals surface area contributed by atoms with Crippen molar-refractivity contribution < 1.29 is 22.7 Å². The molecule has 1 heterocycles. The fourth-order valence-electron chi connectivity index (χ4n) is 3.39. The number of sulfone groups is 1. The quantitative estimate of drug-likeness (QED) is 0.434. The van der Waals surface area contributed by atoms with Crippen molar-refractivity contribution in [3.63, 3.8) is 0 Å². The summed E-state index contributed by atoms with van der Waals surface area (Å²) in [6, 6.07) is 17.4. The van der Waals surface area contributed by atoms with Gasteiger partial charge in [0.1, 0.15) is 11.8 Å². The van der Waals surface area contributed by atoms with Gasteiger partial charge in [0.05, 0.1) is 23.8 Å². The molecule has 2 aromatic carbocycles. The van der Waals surface area contributed by atoms with E-state index < -0.39 is 21.8 Å². The molecule has 32 heavy (non-hydrogen) atoms. The molecule has 0 saturated carbocycles. The lowest BCUT2D eigenvalue weighted by atomic mass is 10.1. The summed E-state index contributed by atoms with van der Waals surface area (Å²) < 4.78 is 29.7. The monoisotopic (exact) mass is 457 g/mol. The molecule has 1 unspecified atom stereocenters. The van der Waals surface area contributed by atoms with Crippen LogP contribution >= 0.6 is 0 Å². The maximum absolute atomic E-state index is 12.8. The summed E-state index contributed by atoms with van der Waals surface area (Å²) in [6.07, 6.45) is 0.413. The predicted octanol–water partition coefficient (Wildman–Crippen LogP) is 2.31. The molecule has 0 aromatic heterocycles. The van der Waals surface area contributed by atoms with E-state index in [0.29, 0.717) is 12.1 Å². The Morgan fingerprint density at radius 3 is 2.41 bits per heavy atom. The van der Waals surface area contributed by atoms with Crippen LogP contribution in [0.3, 0.4) is 0 Å². The first-order valence-electron chi connectivity index (χ1n) is 10.5. The van der Waals surface area contributed by atoms with Gasteiger partial charge in [-0.05, 0) is 31.0 Å². The Kier molecular flexibility index (Phi) is 7.99. The second-order valence-corrected chi connectivity index (χ2v) is 9.57. The molecule has 1 aliphatic rings. The number of esters is 1. The Hall–Kier alpha value is -3.20. The highest BCUT2D eigenvalue weighted by atomic mass is 32.2. The van der Waals surface area contributed by atoms with E-state index in [1.54, 1.807) is 43.3 Å². The van der Waals surface area contributed by atoms with E-state index >= 15 is 0 Å². The number of nitrogens with one attached hydrogen (secondary N) is 1. The molecule has 3 rings (SSSR count).